The zero-order chi connectivity index (χ0) is 11.4. The molecule has 1 saturated heterocycles. The predicted octanol–water partition coefficient (Wildman–Crippen LogP) is -0.459. The van der Waals surface area contributed by atoms with Crippen LogP contribution in [0.2, 0.25) is 0 Å². The Morgan fingerprint density at radius 1 is 1.67 bits per heavy atom. The molecule has 0 spiro atoms. The molecule has 1 aliphatic rings. The molecule has 1 aliphatic heterocycles. The summed E-state index contributed by atoms with van der Waals surface area (Å²) in [7, 11) is 0. The second-order valence-corrected chi connectivity index (χ2v) is 4.15. The van der Waals surface area contributed by atoms with Crippen molar-refractivity contribution in [3.05, 3.63) is 0 Å². The average molecular weight is 214 g/mol. The summed E-state index contributed by atoms with van der Waals surface area (Å²) in [5.74, 6) is -0.229. The van der Waals surface area contributed by atoms with Gasteiger partial charge in [0.05, 0.1) is 6.10 Å². The normalized spacial score (nSPS) is 24.5. The van der Waals surface area contributed by atoms with Gasteiger partial charge in [0.25, 0.3) is 0 Å². The lowest BCUT2D eigenvalue weighted by Crippen LogP contribution is -2.45. The molecule has 0 aromatic carbocycles. The van der Waals surface area contributed by atoms with Crippen molar-refractivity contribution < 1.29 is 14.7 Å². The van der Waals surface area contributed by atoms with Gasteiger partial charge in [0.15, 0.2) is 0 Å². The summed E-state index contributed by atoms with van der Waals surface area (Å²) in [4.78, 5) is 22.5. The highest BCUT2D eigenvalue weighted by Crippen LogP contribution is 2.07. The Morgan fingerprint density at radius 3 is 2.80 bits per heavy atom. The van der Waals surface area contributed by atoms with Gasteiger partial charge < -0.3 is 15.7 Å². The Kier molecular flexibility index (Phi) is 4.08. The van der Waals surface area contributed by atoms with Gasteiger partial charge in [-0.3, -0.25) is 9.59 Å². The number of carbonyl (C=O) groups is 2. The van der Waals surface area contributed by atoms with Gasteiger partial charge >= 0.3 is 0 Å². The third-order valence-electron chi connectivity index (χ3n) is 2.40. The van der Waals surface area contributed by atoms with Crippen LogP contribution in [0.15, 0.2) is 0 Å². The molecule has 86 valence electrons. The van der Waals surface area contributed by atoms with Crippen LogP contribution in [0.25, 0.3) is 0 Å². The summed E-state index contributed by atoms with van der Waals surface area (Å²) in [5, 5.41) is 14.5. The van der Waals surface area contributed by atoms with E-state index in [0.717, 1.165) is 0 Å². The highest BCUT2D eigenvalue weighted by atomic mass is 16.3. The summed E-state index contributed by atoms with van der Waals surface area (Å²) in [6.07, 6.45) is 1.07. The van der Waals surface area contributed by atoms with Gasteiger partial charge in [-0.2, -0.15) is 0 Å². The van der Waals surface area contributed by atoms with Crippen molar-refractivity contribution in [1.82, 2.24) is 10.6 Å². The zero-order valence-corrected chi connectivity index (χ0v) is 9.12. The van der Waals surface area contributed by atoms with Gasteiger partial charge in [-0.25, -0.2) is 0 Å². The summed E-state index contributed by atoms with van der Waals surface area (Å²) in [5.41, 5.74) is 0. The Bertz CT molecular complexity index is 253. The smallest absolute Gasteiger partial charge is 0.242 e. The fourth-order valence-electron chi connectivity index (χ4n) is 1.72. The summed E-state index contributed by atoms with van der Waals surface area (Å²) < 4.78 is 0. The molecule has 2 unspecified atom stereocenters. The Labute approximate surface area is 89.2 Å². The van der Waals surface area contributed by atoms with Gasteiger partial charge in [-0.1, -0.05) is 0 Å². The SMILES string of the molecule is CC(O)CC(C)NC(=O)[C@@H]1CCC(=O)N1. The van der Waals surface area contributed by atoms with Crippen molar-refractivity contribution >= 4 is 11.8 Å². The number of hydrogen-bond donors (Lipinski definition) is 3. The topological polar surface area (TPSA) is 78.4 Å². The van der Waals surface area contributed by atoms with Gasteiger partial charge in [0.1, 0.15) is 6.04 Å². The minimum atomic E-state index is -0.432. The number of nitrogens with one attached hydrogen (secondary N) is 2. The van der Waals surface area contributed by atoms with Crippen molar-refractivity contribution in [1.29, 1.82) is 0 Å². The molecule has 1 heterocycles. The van der Waals surface area contributed by atoms with E-state index in [0.29, 0.717) is 19.3 Å². The fourth-order valence-corrected chi connectivity index (χ4v) is 1.72. The quantitative estimate of drug-likeness (QED) is 0.592. The Morgan fingerprint density at radius 2 is 2.33 bits per heavy atom. The lowest BCUT2D eigenvalue weighted by molar-refractivity contribution is -0.126. The van der Waals surface area contributed by atoms with Crippen LogP contribution in [0.1, 0.15) is 33.1 Å². The van der Waals surface area contributed by atoms with Crippen LogP contribution in [0.3, 0.4) is 0 Å². The number of amides is 2. The molecular formula is C10H18N2O3. The lowest BCUT2D eigenvalue weighted by atomic mass is 10.1. The lowest BCUT2D eigenvalue weighted by Gasteiger charge is -2.18. The van der Waals surface area contributed by atoms with Crippen LogP contribution < -0.4 is 10.6 Å². The predicted molar refractivity (Wildman–Crippen MR) is 55.1 cm³/mol. The van der Waals surface area contributed by atoms with Gasteiger partial charge in [0.2, 0.25) is 11.8 Å². The van der Waals surface area contributed by atoms with Crippen LogP contribution in [0.4, 0.5) is 0 Å². The molecule has 0 saturated carbocycles. The minimum Gasteiger partial charge on any atom is -0.393 e. The second kappa shape index (κ2) is 5.11. The molecule has 15 heavy (non-hydrogen) atoms. The molecule has 0 bridgehead atoms. The summed E-state index contributed by atoms with van der Waals surface area (Å²) in [6, 6.07) is -0.469. The first kappa shape index (κ1) is 12.0. The minimum absolute atomic E-state index is 0.0710. The van der Waals surface area contributed by atoms with Crippen LogP contribution in [0.5, 0.6) is 0 Å². The summed E-state index contributed by atoms with van der Waals surface area (Å²) in [6.45, 7) is 3.52. The maximum absolute atomic E-state index is 11.6. The molecule has 3 N–H and O–H groups in total. The Hall–Kier alpha value is -1.10. The third kappa shape index (κ3) is 3.87. The molecule has 1 rings (SSSR count). The molecular weight excluding hydrogens is 196 g/mol. The molecule has 5 heteroatoms. The van der Waals surface area contributed by atoms with Crippen molar-refractivity contribution in [3.63, 3.8) is 0 Å². The molecule has 0 aliphatic carbocycles. The van der Waals surface area contributed by atoms with Gasteiger partial charge in [-0.05, 0) is 26.7 Å². The van der Waals surface area contributed by atoms with E-state index in [2.05, 4.69) is 10.6 Å². The monoisotopic (exact) mass is 214 g/mol. The number of aliphatic hydroxyl groups excluding tert-OH is 1. The van der Waals surface area contributed by atoms with E-state index in [4.69, 9.17) is 5.11 Å². The zero-order valence-electron chi connectivity index (χ0n) is 9.12. The number of rotatable bonds is 4. The van der Waals surface area contributed by atoms with E-state index >= 15 is 0 Å². The van der Waals surface area contributed by atoms with Crippen LogP contribution in [-0.2, 0) is 9.59 Å². The molecule has 0 radical (unpaired) electrons. The van der Waals surface area contributed by atoms with E-state index in [1.165, 1.54) is 0 Å². The molecule has 2 amide bonds. The summed E-state index contributed by atoms with van der Waals surface area (Å²) >= 11 is 0. The van der Waals surface area contributed by atoms with Crippen molar-refractivity contribution in [2.45, 2.75) is 51.3 Å². The molecule has 1 fully saturated rings. The van der Waals surface area contributed by atoms with Crippen molar-refractivity contribution in [3.8, 4) is 0 Å². The van der Waals surface area contributed by atoms with E-state index in [1.807, 2.05) is 6.92 Å². The maximum Gasteiger partial charge on any atom is 0.242 e. The van der Waals surface area contributed by atoms with E-state index in [1.54, 1.807) is 6.92 Å². The highest BCUT2D eigenvalue weighted by molar-refractivity contribution is 5.90. The number of hydrogen-bond acceptors (Lipinski definition) is 3. The van der Waals surface area contributed by atoms with E-state index in [-0.39, 0.29) is 17.9 Å². The third-order valence-corrected chi connectivity index (χ3v) is 2.40. The van der Waals surface area contributed by atoms with Crippen LogP contribution in [-0.4, -0.2) is 35.1 Å². The van der Waals surface area contributed by atoms with E-state index in [9.17, 15) is 9.59 Å². The second-order valence-electron chi connectivity index (χ2n) is 4.15. The molecule has 5 nitrogen and oxygen atoms in total. The molecule has 0 aromatic rings. The largest absolute Gasteiger partial charge is 0.393 e. The van der Waals surface area contributed by atoms with Gasteiger partial charge in [0, 0.05) is 12.5 Å². The average Bonchev–Trinajstić information content (AvgIpc) is 2.49. The maximum atomic E-state index is 11.6. The number of carbonyl (C=O) groups excluding carboxylic acids is 2. The van der Waals surface area contributed by atoms with Crippen LogP contribution >= 0.6 is 0 Å². The van der Waals surface area contributed by atoms with E-state index < -0.39 is 12.1 Å². The molecule has 0 aromatic heterocycles. The first-order chi connectivity index (χ1) is 6.99. The highest BCUT2D eigenvalue weighted by Gasteiger charge is 2.27. The van der Waals surface area contributed by atoms with Crippen molar-refractivity contribution in [2.75, 3.05) is 0 Å². The molecule has 3 atom stereocenters. The van der Waals surface area contributed by atoms with Crippen molar-refractivity contribution in [2.24, 2.45) is 0 Å². The van der Waals surface area contributed by atoms with Gasteiger partial charge in [-0.15, -0.1) is 0 Å². The number of aliphatic hydroxyl groups is 1. The first-order valence-corrected chi connectivity index (χ1v) is 5.27. The first-order valence-electron chi connectivity index (χ1n) is 5.27. The Balaban J connectivity index is 2.32. The van der Waals surface area contributed by atoms with Crippen LogP contribution in [0, 0.1) is 0 Å². The standard InChI is InChI=1S/C10H18N2O3/c1-6(5-7(2)13)11-10(15)8-3-4-9(14)12-8/h6-8,13H,3-5H2,1-2H3,(H,11,15)(H,12,14)/t6?,7?,8-/m0/s1. The fraction of sp³-hybridized carbons (Fsp3) is 0.800.